The lowest BCUT2D eigenvalue weighted by molar-refractivity contribution is -0.124. The summed E-state index contributed by atoms with van der Waals surface area (Å²) in [5.74, 6) is -0.0799. The second-order valence-corrected chi connectivity index (χ2v) is 12.4. The number of hydrogen-bond acceptors (Lipinski definition) is 7. The number of imidazole rings is 1. The molecule has 6 rings (SSSR count). The van der Waals surface area contributed by atoms with Crippen molar-refractivity contribution in [3.63, 3.8) is 0 Å². The Balaban J connectivity index is 1.12. The van der Waals surface area contributed by atoms with Crippen molar-refractivity contribution >= 4 is 23.0 Å². The Hall–Kier alpha value is -4.60. The number of benzene rings is 3. The fraction of sp³-hybridized carbons (Fsp3) is 0.278. The SMILES string of the molecule is CNC(=O)[C@@H](CC(=O)c1cccc2c1OCCC2NCc1cncn1Cc1ccc(-c2cncs2)cc1)Cc1ccc(C)cc1. The average Bonchev–Trinajstić information content (AvgIpc) is 3.77. The molecule has 2 atom stereocenters. The van der Waals surface area contributed by atoms with Gasteiger partial charge in [0.2, 0.25) is 5.91 Å². The highest BCUT2D eigenvalue weighted by atomic mass is 32.1. The molecule has 0 spiro atoms. The van der Waals surface area contributed by atoms with Crippen LogP contribution in [0.1, 0.15) is 57.2 Å². The smallest absolute Gasteiger partial charge is 0.223 e. The van der Waals surface area contributed by atoms with Gasteiger partial charge in [0.05, 0.1) is 34.6 Å². The maximum absolute atomic E-state index is 13.7. The number of hydrogen-bond donors (Lipinski definition) is 2. The van der Waals surface area contributed by atoms with Gasteiger partial charge in [0.1, 0.15) is 5.75 Å². The van der Waals surface area contributed by atoms with Crippen molar-refractivity contribution in [1.82, 2.24) is 25.2 Å². The molecule has 3 aromatic carbocycles. The van der Waals surface area contributed by atoms with Crippen LogP contribution in [0.4, 0.5) is 0 Å². The lowest BCUT2D eigenvalue weighted by Crippen LogP contribution is -2.31. The number of aryl methyl sites for hydroxylation is 1. The van der Waals surface area contributed by atoms with Crippen LogP contribution in [0.5, 0.6) is 5.75 Å². The molecule has 0 saturated carbocycles. The number of para-hydroxylation sites is 1. The van der Waals surface area contributed by atoms with E-state index in [4.69, 9.17) is 4.74 Å². The van der Waals surface area contributed by atoms with Crippen molar-refractivity contribution in [3.8, 4) is 16.2 Å². The van der Waals surface area contributed by atoms with E-state index in [2.05, 4.69) is 49.4 Å². The van der Waals surface area contributed by atoms with Crippen molar-refractivity contribution in [2.75, 3.05) is 13.7 Å². The average molecular weight is 620 g/mol. The fourth-order valence-corrected chi connectivity index (χ4v) is 6.48. The molecular weight excluding hydrogens is 582 g/mol. The van der Waals surface area contributed by atoms with Gasteiger partial charge in [0.25, 0.3) is 0 Å². The molecule has 0 saturated heterocycles. The van der Waals surface area contributed by atoms with Crippen LogP contribution in [0, 0.1) is 12.8 Å². The van der Waals surface area contributed by atoms with Crippen molar-refractivity contribution in [1.29, 1.82) is 0 Å². The van der Waals surface area contributed by atoms with Gasteiger partial charge in [-0.25, -0.2) is 4.98 Å². The van der Waals surface area contributed by atoms with Gasteiger partial charge in [-0.15, -0.1) is 11.3 Å². The topological polar surface area (TPSA) is 98.1 Å². The van der Waals surface area contributed by atoms with E-state index >= 15 is 0 Å². The molecule has 2 N–H and O–H groups in total. The molecule has 5 aromatic rings. The molecule has 1 unspecified atom stereocenters. The summed E-state index contributed by atoms with van der Waals surface area (Å²) in [5, 5.41) is 6.42. The molecule has 1 aliphatic rings. The largest absolute Gasteiger partial charge is 0.492 e. The fourth-order valence-electron chi connectivity index (χ4n) is 5.86. The molecule has 3 heterocycles. The number of ether oxygens (including phenoxy) is 1. The normalized spacial score (nSPS) is 14.8. The van der Waals surface area contributed by atoms with E-state index in [1.54, 1.807) is 18.4 Å². The van der Waals surface area contributed by atoms with Crippen LogP contribution in [0.15, 0.2) is 91.0 Å². The molecule has 0 radical (unpaired) electrons. The first-order valence-corrected chi connectivity index (χ1v) is 16.1. The highest BCUT2D eigenvalue weighted by Crippen LogP contribution is 2.36. The molecule has 2 aromatic heterocycles. The van der Waals surface area contributed by atoms with E-state index in [1.165, 1.54) is 11.1 Å². The number of aromatic nitrogens is 3. The monoisotopic (exact) mass is 619 g/mol. The first-order chi connectivity index (χ1) is 22.0. The molecule has 8 nitrogen and oxygen atoms in total. The second kappa shape index (κ2) is 14.0. The Bertz CT molecular complexity index is 1750. The van der Waals surface area contributed by atoms with Crippen molar-refractivity contribution in [2.24, 2.45) is 5.92 Å². The number of thiazole rings is 1. The van der Waals surface area contributed by atoms with Crippen LogP contribution in [-0.2, 0) is 24.3 Å². The lowest BCUT2D eigenvalue weighted by atomic mass is 9.89. The maximum Gasteiger partial charge on any atom is 0.223 e. The predicted octanol–water partition coefficient (Wildman–Crippen LogP) is 6.15. The van der Waals surface area contributed by atoms with Crippen molar-refractivity contribution < 1.29 is 14.3 Å². The van der Waals surface area contributed by atoms with Crippen LogP contribution < -0.4 is 15.4 Å². The third kappa shape index (κ3) is 7.21. The van der Waals surface area contributed by atoms with Gasteiger partial charge in [-0.2, -0.15) is 0 Å². The van der Waals surface area contributed by atoms with Gasteiger partial charge < -0.3 is 19.9 Å². The molecule has 230 valence electrons. The van der Waals surface area contributed by atoms with E-state index in [9.17, 15) is 9.59 Å². The highest BCUT2D eigenvalue weighted by molar-refractivity contribution is 7.13. The predicted molar refractivity (Wildman–Crippen MR) is 176 cm³/mol. The van der Waals surface area contributed by atoms with Gasteiger partial charge in [-0.05, 0) is 36.1 Å². The number of fused-ring (bicyclic) bond motifs is 1. The van der Waals surface area contributed by atoms with Crippen LogP contribution in [-0.4, -0.2) is 39.9 Å². The Morgan fingerprint density at radius 1 is 1.02 bits per heavy atom. The zero-order chi connectivity index (χ0) is 31.2. The first-order valence-electron chi connectivity index (χ1n) is 15.2. The van der Waals surface area contributed by atoms with Crippen molar-refractivity contribution in [2.45, 2.75) is 45.3 Å². The Kier molecular flexibility index (Phi) is 9.47. The zero-order valence-electron chi connectivity index (χ0n) is 25.5. The number of Topliss-reactive ketones (excluding diaryl/α,β-unsaturated/α-hetero) is 1. The summed E-state index contributed by atoms with van der Waals surface area (Å²) in [6.07, 6.45) is 7.03. The van der Waals surface area contributed by atoms with Gasteiger partial charge in [-0.3, -0.25) is 14.6 Å². The third-order valence-corrected chi connectivity index (χ3v) is 9.20. The van der Waals surface area contributed by atoms with Crippen molar-refractivity contribution in [3.05, 3.63) is 124 Å². The lowest BCUT2D eigenvalue weighted by Gasteiger charge is -2.28. The minimum Gasteiger partial charge on any atom is -0.492 e. The van der Waals surface area contributed by atoms with E-state index in [0.717, 1.165) is 40.2 Å². The van der Waals surface area contributed by atoms with Gasteiger partial charge in [0, 0.05) is 62.9 Å². The number of rotatable bonds is 12. The Morgan fingerprint density at radius 3 is 2.58 bits per heavy atom. The standard InChI is InChI=1S/C36H37N5O3S/c1-24-6-8-25(9-7-24)16-28(36(43)37-2)17-33(42)31-5-3-4-30-32(14-15-44-35(30)31)40-19-29-18-38-22-41(29)21-26-10-12-27(13-11-26)34-20-39-23-45-34/h3-13,18,20,22-23,28,32,40H,14-17,19,21H2,1-2H3,(H,37,43)/t28-,32?/m1/s1. The summed E-state index contributed by atoms with van der Waals surface area (Å²) in [6.45, 7) is 3.88. The van der Waals surface area contributed by atoms with Crippen LogP contribution in [0.25, 0.3) is 10.4 Å². The van der Waals surface area contributed by atoms with E-state index in [-0.39, 0.29) is 24.2 Å². The Morgan fingerprint density at radius 2 is 1.82 bits per heavy atom. The van der Waals surface area contributed by atoms with Crippen LogP contribution in [0.3, 0.4) is 0 Å². The zero-order valence-corrected chi connectivity index (χ0v) is 26.3. The summed E-state index contributed by atoms with van der Waals surface area (Å²) in [6, 6.07) is 22.4. The summed E-state index contributed by atoms with van der Waals surface area (Å²) in [5.41, 5.74) is 8.97. The van der Waals surface area contributed by atoms with E-state index < -0.39 is 5.92 Å². The first kappa shape index (κ1) is 30.4. The molecule has 9 heteroatoms. The van der Waals surface area contributed by atoms with Crippen LogP contribution >= 0.6 is 11.3 Å². The number of carbonyl (C=O) groups is 2. The highest BCUT2D eigenvalue weighted by Gasteiger charge is 2.29. The summed E-state index contributed by atoms with van der Waals surface area (Å²) < 4.78 is 8.25. The number of ketones is 1. The molecule has 0 aliphatic carbocycles. The molecule has 0 fully saturated rings. The van der Waals surface area contributed by atoms with Crippen LogP contribution in [0.2, 0.25) is 0 Å². The minimum atomic E-state index is -0.470. The number of carbonyl (C=O) groups excluding carboxylic acids is 2. The Labute approximate surface area is 267 Å². The quantitative estimate of drug-likeness (QED) is 0.163. The summed E-state index contributed by atoms with van der Waals surface area (Å²) >= 11 is 1.63. The molecular formula is C36H37N5O3S. The minimum absolute atomic E-state index is 0.0193. The third-order valence-electron chi connectivity index (χ3n) is 8.38. The maximum atomic E-state index is 13.7. The number of amides is 1. The summed E-state index contributed by atoms with van der Waals surface area (Å²) in [7, 11) is 1.62. The van der Waals surface area contributed by atoms with E-state index in [0.29, 0.717) is 30.9 Å². The number of nitrogens with zero attached hydrogens (tertiary/aromatic N) is 3. The number of nitrogens with one attached hydrogen (secondary N) is 2. The van der Waals surface area contributed by atoms with Gasteiger partial charge in [0.15, 0.2) is 5.78 Å². The molecule has 1 amide bonds. The van der Waals surface area contributed by atoms with Gasteiger partial charge >= 0.3 is 0 Å². The molecule has 0 bridgehead atoms. The molecule has 45 heavy (non-hydrogen) atoms. The summed E-state index contributed by atoms with van der Waals surface area (Å²) in [4.78, 5) is 36.2. The second-order valence-electron chi connectivity index (χ2n) is 11.5. The molecule has 1 aliphatic heterocycles. The van der Waals surface area contributed by atoms with Gasteiger partial charge in [-0.1, -0.05) is 66.2 Å². The van der Waals surface area contributed by atoms with E-state index in [1.807, 2.05) is 73.6 Å².